The molecule has 7 nitrogen and oxygen atoms in total. The van der Waals surface area contributed by atoms with Crippen molar-refractivity contribution in [2.45, 2.75) is 25.4 Å². The number of aromatic nitrogens is 2. The Hall–Kier alpha value is -1.44. The number of nitrogens with zero attached hydrogens (tertiary/aromatic N) is 2. The molecule has 1 aromatic heterocycles. The van der Waals surface area contributed by atoms with Crippen molar-refractivity contribution in [2.75, 3.05) is 5.73 Å². The predicted octanol–water partition coefficient (Wildman–Crippen LogP) is -2.11. The summed E-state index contributed by atoms with van der Waals surface area (Å²) in [7, 11) is 0. The van der Waals surface area contributed by atoms with E-state index in [1.807, 2.05) is 0 Å². The van der Waals surface area contributed by atoms with Gasteiger partial charge in [-0.1, -0.05) is 0 Å². The summed E-state index contributed by atoms with van der Waals surface area (Å²) in [6, 6.07) is 1.35. The smallest absolute Gasteiger partial charge is 0.349 e. The monoisotopic (exact) mass is 215 g/mol. The van der Waals surface area contributed by atoms with Crippen molar-refractivity contribution < 1.29 is 15.3 Å². The molecule has 0 fully saturated rings. The van der Waals surface area contributed by atoms with Gasteiger partial charge in [-0.25, -0.2) is 4.79 Å². The van der Waals surface area contributed by atoms with Crippen molar-refractivity contribution in [2.24, 2.45) is 0 Å². The molecule has 1 aromatic rings. The second-order valence-corrected chi connectivity index (χ2v) is 3.32. The van der Waals surface area contributed by atoms with Crippen LogP contribution in [0.15, 0.2) is 17.1 Å². The van der Waals surface area contributed by atoms with Gasteiger partial charge >= 0.3 is 5.69 Å². The highest BCUT2D eigenvalue weighted by Gasteiger charge is 2.30. The maximum absolute atomic E-state index is 11.2. The molecule has 0 aromatic carbocycles. The van der Waals surface area contributed by atoms with Gasteiger partial charge in [-0.05, 0) is 13.0 Å². The maximum Gasteiger partial charge on any atom is 0.349 e. The van der Waals surface area contributed by atoms with E-state index in [1.165, 1.54) is 19.2 Å². The molecule has 5 N–H and O–H groups in total. The topological polar surface area (TPSA) is 122 Å². The molecule has 0 saturated carbocycles. The molecule has 0 aliphatic heterocycles. The summed E-state index contributed by atoms with van der Waals surface area (Å²) < 4.78 is 0.947. The second kappa shape index (κ2) is 3.97. The lowest BCUT2D eigenvalue weighted by Gasteiger charge is -2.25. The normalized spacial score (nSPS) is 13.9. The molecule has 84 valence electrons. The molecule has 1 rings (SSSR count). The van der Waals surface area contributed by atoms with Crippen LogP contribution in [0, 0.1) is 0 Å². The van der Waals surface area contributed by atoms with Gasteiger partial charge in [-0.15, -0.1) is 0 Å². The van der Waals surface area contributed by atoms with Gasteiger partial charge in [0.2, 0.25) is 5.79 Å². The van der Waals surface area contributed by atoms with E-state index in [-0.39, 0.29) is 5.82 Å². The molecule has 0 radical (unpaired) electrons. The van der Waals surface area contributed by atoms with Crippen molar-refractivity contribution in [3.05, 3.63) is 22.7 Å². The number of nitrogens with two attached hydrogens (primary N) is 1. The first kappa shape index (κ1) is 11.6. The van der Waals surface area contributed by atoms with Crippen molar-refractivity contribution in [3.63, 3.8) is 0 Å². The zero-order valence-electron chi connectivity index (χ0n) is 8.16. The van der Waals surface area contributed by atoms with Gasteiger partial charge in [0.25, 0.3) is 0 Å². The van der Waals surface area contributed by atoms with Crippen LogP contribution in [0.4, 0.5) is 5.82 Å². The van der Waals surface area contributed by atoms with Crippen LogP contribution in [0.3, 0.4) is 0 Å². The van der Waals surface area contributed by atoms with Crippen LogP contribution >= 0.6 is 0 Å². The molecule has 7 heteroatoms. The van der Waals surface area contributed by atoms with Crippen LogP contribution < -0.4 is 11.4 Å². The highest BCUT2D eigenvalue weighted by molar-refractivity contribution is 5.23. The Morgan fingerprint density at radius 3 is 2.73 bits per heavy atom. The Bertz CT molecular complexity index is 399. The number of nitrogen functional groups attached to an aromatic ring is 1. The van der Waals surface area contributed by atoms with Gasteiger partial charge in [0.15, 0.2) is 0 Å². The Kier molecular flexibility index (Phi) is 3.08. The first-order valence-electron chi connectivity index (χ1n) is 4.29. The first-order chi connectivity index (χ1) is 6.83. The van der Waals surface area contributed by atoms with E-state index in [0.29, 0.717) is 0 Å². The van der Waals surface area contributed by atoms with Crippen molar-refractivity contribution in [1.29, 1.82) is 0 Å². The minimum Gasteiger partial charge on any atom is -0.388 e. The summed E-state index contributed by atoms with van der Waals surface area (Å²) in [5.41, 5.74) is 4.55. The molecule has 0 aliphatic rings. The third-order valence-electron chi connectivity index (χ3n) is 1.97. The fraction of sp³-hybridized carbons (Fsp3) is 0.500. The number of aliphatic hydroxyl groups is 3. The van der Waals surface area contributed by atoms with E-state index in [0.717, 1.165) is 4.57 Å². The molecule has 0 spiro atoms. The standard InChI is InChI=1S/C8H13N3O4/c1-5(12)8(14,15)4-11-3-2-6(9)10-7(11)13/h2-3,5,12,14-15H,4H2,1H3,(H2,9,10,13). The molecular weight excluding hydrogens is 202 g/mol. The molecular formula is C8H13N3O4. The number of hydrogen-bond acceptors (Lipinski definition) is 6. The van der Waals surface area contributed by atoms with Crippen LogP contribution in [0.1, 0.15) is 6.92 Å². The van der Waals surface area contributed by atoms with E-state index in [2.05, 4.69) is 4.98 Å². The predicted molar refractivity (Wildman–Crippen MR) is 51.8 cm³/mol. The summed E-state index contributed by atoms with van der Waals surface area (Å²) in [4.78, 5) is 14.6. The SMILES string of the molecule is CC(O)C(O)(O)Cn1ccc(N)nc1=O. The molecule has 15 heavy (non-hydrogen) atoms. The minimum atomic E-state index is -2.37. The zero-order valence-corrected chi connectivity index (χ0v) is 8.16. The zero-order chi connectivity index (χ0) is 11.6. The van der Waals surface area contributed by atoms with Crippen LogP contribution in [-0.2, 0) is 6.54 Å². The highest BCUT2D eigenvalue weighted by atomic mass is 16.5. The average Bonchev–Trinajstić information content (AvgIpc) is 2.09. The molecule has 0 bridgehead atoms. The lowest BCUT2D eigenvalue weighted by molar-refractivity contribution is -0.228. The number of aliphatic hydroxyl groups excluding tert-OH is 1. The van der Waals surface area contributed by atoms with Gasteiger partial charge in [0.1, 0.15) is 11.9 Å². The van der Waals surface area contributed by atoms with E-state index in [4.69, 9.17) is 10.8 Å². The Morgan fingerprint density at radius 1 is 1.67 bits per heavy atom. The van der Waals surface area contributed by atoms with Gasteiger partial charge in [0.05, 0.1) is 6.54 Å². The van der Waals surface area contributed by atoms with E-state index < -0.39 is 24.1 Å². The van der Waals surface area contributed by atoms with Crippen molar-refractivity contribution in [3.8, 4) is 0 Å². The molecule has 0 aliphatic carbocycles. The van der Waals surface area contributed by atoms with Crippen LogP contribution in [0.5, 0.6) is 0 Å². The highest BCUT2D eigenvalue weighted by Crippen LogP contribution is 2.08. The summed E-state index contributed by atoms with van der Waals surface area (Å²) in [6.45, 7) is 0.729. The maximum atomic E-state index is 11.2. The van der Waals surface area contributed by atoms with Crippen molar-refractivity contribution in [1.82, 2.24) is 9.55 Å². The fourth-order valence-electron chi connectivity index (χ4n) is 0.945. The van der Waals surface area contributed by atoms with Crippen molar-refractivity contribution >= 4 is 5.82 Å². The van der Waals surface area contributed by atoms with Crippen LogP contribution in [0.2, 0.25) is 0 Å². The quantitative estimate of drug-likeness (QED) is 0.428. The third-order valence-corrected chi connectivity index (χ3v) is 1.97. The molecule has 1 unspecified atom stereocenters. The second-order valence-electron chi connectivity index (χ2n) is 3.32. The summed E-state index contributed by atoms with van der Waals surface area (Å²) in [6.07, 6.45) is -0.115. The Morgan fingerprint density at radius 2 is 2.27 bits per heavy atom. The average molecular weight is 215 g/mol. The van der Waals surface area contributed by atoms with Gasteiger partial charge in [-0.2, -0.15) is 4.98 Å². The third kappa shape index (κ3) is 2.75. The summed E-state index contributed by atoms with van der Waals surface area (Å²) in [5, 5.41) is 27.7. The van der Waals surface area contributed by atoms with Gasteiger partial charge in [0, 0.05) is 6.20 Å². The van der Waals surface area contributed by atoms with E-state index in [1.54, 1.807) is 0 Å². The first-order valence-corrected chi connectivity index (χ1v) is 4.29. The van der Waals surface area contributed by atoms with E-state index >= 15 is 0 Å². The number of hydrogen-bond donors (Lipinski definition) is 4. The van der Waals surface area contributed by atoms with Gasteiger partial charge < -0.3 is 21.1 Å². The molecule has 0 amide bonds. The lowest BCUT2D eigenvalue weighted by Crippen LogP contribution is -2.46. The molecule has 0 saturated heterocycles. The summed E-state index contributed by atoms with van der Waals surface area (Å²) in [5.74, 6) is -2.32. The lowest BCUT2D eigenvalue weighted by atomic mass is 10.1. The molecule has 1 atom stereocenters. The Labute approximate surface area is 85.4 Å². The Balaban J connectivity index is 2.95. The van der Waals surface area contributed by atoms with E-state index in [9.17, 15) is 15.0 Å². The van der Waals surface area contributed by atoms with Crippen LogP contribution in [-0.4, -0.2) is 36.8 Å². The minimum absolute atomic E-state index is 0.0507. The number of anilines is 1. The number of rotatable bonds is 3. The molecule has 1 heterocycles. The fourth-order valence-corrected chi connectivity index (χ4v) is 0.945. The largest absolute Gasteiger partial charge is 0.388 e. The van der Waals surface area contributed by atoms with Crippen LogP contribution in [0.25, 0.3) is 0 Å². The summed E-state index contributed by atoms with van der Waals surface area (Å²) >= 11 is 0. The van der Waals surface area contributed by atoms with Gasteiger partial charge in [-0.3, -0.25) is 4.57 Å².